The molecule has 2 aliphatic heterocycles. The van der Waals surface area contributed by atoms with Crippen molar-refractivity contribution in [2.45, 2.75) is 34.8 Å². The topological polar surface area (TPSA) is 86.8 Å². The van der Waals surface area contributed by atoms with Crippen molar-refractivity contribution in [3.63, 3.8) is 0 Å². The molecule has 2 aromatic rings. The average Bonchev–Trinajstić information content (AvgIpc) is 2.99. The highest BCUT2D eigenvalue weighted by Gasteiger charge is 2.30. The van der Waals surface area contributed by atoms with Crippen LogP contribution in [0.3, 0.4) is 0 Å². The molecule has 9 heteroatoms. The number of benzene rings is 2. The second kappa shape index (κ2) is 9.54. The first-order valence-corrected chi connectivity index (χ1v) is 13.3. The van der Waals surface area contributed by atoms with Gasteiger partial charge in [0, 0.05) is 55.4 Å². The Morgan fingerprint density at radius 1 is 1.09 bits per heavy atom. The van der Waals surface area contributed by atoms with Gasteiger partial charge in [-0.1, -0.05) is 18.2 Å². The fourth-order valence-electron chi connectivity index (χ4n) is 3.95. The van der Waals surface area contributed by atoms with E-state index in [0.717, 1.165) is 23.7 Å². The van der Waals surface area contributed by atoms with Gasteiger partial charge in [0.15, 0.2) is 9.84 Å². The minimum absolute atomic E-state index is 0.0636. The van der Waals surface area contributed by atoms with Crippen molar-refractivity contribution in [2.75, 3.05) is 42.1 Å². The predicted molar refractivity (Wildman–Crippen MR) is 127 cm³/mol. The molecule has 1 unspecified atom stereocenters. The fourth-order valence-corrected chi connectivity index (χ4v) is 6.25. The van der Waals surface area contributed by atoms with Gasteiger partial charge in [0.25, 0.3) is 0 Å². The molecule has 170 valence electrons. The third-order valence-corrected chi connectivity index (χ3v) is 9.10. The Hall–Kier alpha value is -2.52. The Balaban J connectivity index is 1.39. The standard InChI is InChI=1S/C23H27N3O4S2/c1-17(15-23(28)26-12-10-25(11-13-26)18-5-3-2-4-6-18)32(29,30)19-7-8-21-20(16-19)24-22(27)9-14-31-21/h2-8,16-17H,9-15H2,1H3,(H,24,27). The maximum atomic E-state index is 13.1. The summed E-state index contributed by atoms with van der Waals surface area (Å²) in [5, 5.41) is 1.93. The number of para-hydroxylation sites is 1. The largest absolute Gasteiger partial charge is 0.368 e. The van der Waals surface area contributed by atoms with Gasteiger partial charge in [0.2, 0.25) is 11.8 Å². The van der Waals surface area contributed by atoms with E-state index in [1.807, 2.05) is 30.3 Å². The molecule has 2 heterocycles. The lowest BCUT2D eigenvalue weighted by Crippen LogP contribution is -2.49. The van der Waals surface area contributed by atoms with Crippen LogP contribution in [0.5, 0.6) is 0 Å². The number of piperazine rings is 1. The molecule has 1 N–H and O–H groups in total. The summed E-state index contributed by atoms with van der Waals surface area (Å²) < 4.78 is 26.3. The summed E-state index contributed by atoms with van der Waals surface area (Å²) in [6.45, 7) is 4.16. The van der Waals surface area contributed by atoms with Crippen molar-refractivity contribution in [1.82, 2.24) is 4.90 Å². The lowest BCUT2D eigenvalue weighted by Gasteiger charge is -2.36. The summed E-state index contributed by atoms with van der Waals surface area (Å²) in [5.74, 6) is 0.393. The van der Waals surface area contributed by atoms with Gasteiger partial charge in [0.1, 0.15) is 0 Å². The van der Waals surface area contributed by atoms with Crippen molar-refractivity contribution in [1.29, 1.82) is 0 Å². The van der Waals surface area contributed by atoms with Crippen LogP contribution < -0.4 is 10.2 Å². The number of amides is 2. The Morgan fingerprint density at radius 3 is 2.53 bits per heavy atom. The molecule has 0 aliphatic carbocycles. The quantitative estimate of drug-likeness (QED) is 0.718. The SMILES string of the molecule is CC(CC(=O)N1CCN(c2ccccc2)CC1)S(=O)(=O)c1ccc2c(c1)NC(=O)CCS2. The maximum absolute atomic E-state index is 13.1. The van der Waals surface area contributed by atoms with E-state index < -0.39 is 15.1 Å². The van der Waals surface area contributed by atoms with Gasteiger partial charge in [-0.25, -0.2) is 8.42 Å². The van der Waals surface area contributed by atoms with Crippen LogP contribution in [0.2, 0.25) is 0 Å². The van der Waals surface area contributed by atoms with Gasteiger partial charge in [-0.3, -0.25) is 9.59 Å². The highest BCUT2D eigenvalue weighted by atomic mass is 32.2. The van der Waals surface area contributed by atoms with E-state index >= 15 is 0 Å². The smallest absolute Gasteiger partial charge is 0.225 e. The Morgan fingerprint density at radius 2 is 1.81 bits per heavy atom. The van der Waals surface area contributed by atoms with Gasteiger partial charge in [-0.2, -0.15) is 0 Å². The summed E-state index contributed by atoms with van der Waals surface area (Å²) in [5.41, 5.74) is 1.65. The minimum Gasteiger partial charge on any atom is -0.368 e. The molecule has 32 heavy (non-hydrogen) atoms. The van der Waals surface area contributed by atoms with E-state index in [4.69, 9.17) is 0 Å². The van der Waals surface area contributed by atoms with Gasteiger partial charge < -0.3 is 15.1 Å². The molecular formula is C23H27N3O4S2. The molecule has 1 atom stereocenters. The summed E-state index contributed by atoms with van der Waals surface area (Å²) >= 11 is 1.53. The molecule has 1 fully saturated rings. The molecule has 1 saturated heterocycles. The second-order valence-corrected chi connectivity index (χ2v) is 11.6. The van der Waals surface area contributed by atoms with Crippen LogP contribution >= 0.6 is 11.8 Å². The molecule has 0 spiro atoms. The number of rotatable bonds is 5. The predicted octanol–water partition coefficient (Wildman–Crippen LogP) is 3.02. The first-order valence-electron chi connectivity index (χ1n) is 10.7. The van der Waals surface area contributed by atoms with Crippen LogP contribution in [-0.2, 0) is 19.4 Å². The number of hydrogen-bond donors (Lipinski definition) is 1. The summed E-state index contributed by atoms with van der Waals surface area (Å²) in [4.78, 5) is 29.6. The lowest BCUT2D eigenvalue weighted by atomic mass is 10.2. The molecule has 4 rings (SSSR count). The first kappa shape index (κ1) is 22.7. The number of anilines is 2. The Bertz CT molecular complexity index is 1100. The van der Waals surface area contributed by atoms with Crippen molar-refractivity contribution in [3.8, 4) is 0 Å². The number of sulfone groups is 1. The van der Waals surface area contributed by atoms with E-state index in [-0.39, 0.29) is 23.1 Å². The van der Waals surface area contributed by atoms with Crippen LogP contribution in [0.15, 0.2) is 58.3 Å². The fraction of sp³-hybridized carbons (Fsp3) is 0.391. The number of nitrogens with zero attached hydrogens (tertiary/aromatic N) is 2. The minimum atomic E-state index is -3.71. The van der Waals surface area contributed by atoms with Gasteiger partial charge in [-0.15, -0.1) is 11.8 Å². The van der Waals surface area contributed by atoms with Gasteiger partial charge in [-0.05, 0) is 37.3 Å². The molecule has 2 aliphatic rings. The number of hydrogen-bond acceptors (Lipinski definition) is 6. The Labute approximate surface area is 193 Å². The van der Waals surface area contributed by atoms with Crippen LogP contribution in [0.25, 0.3) is 0 Å². The molecule has 2 aromatic carbocycles. The number of nitrogens with one attached hydrogen (secondary N) is 1. The van der Waals surface area contributed by atoms with Gasteiger partial charge >= 0.3 is 0 Å². The number of fused-ring (bicyclic) bond motifs is 1. The molecule has 2 amide bonds. The van der Waals surface area contributed by atoms with E-state index in [0.29, 0.717) is 31.0 Å². The second-order valence-electron chi connectivity index (χ2n) is 8.07. The van der Waals surface area contributed by atoms with Crippen molar-refractivity contribution in [3.05, 3.63) is 48.5 Å². The Kier molecular flexibility index (Phi) is 6.76. The van der Waals surface area contributed by atoms with Crippen LogP contribution in [0.1, 0.15) is 19.8 Å². The van der Waals surface area contributed by atoms with Gasteiger partial charge in [0.05, 0.1) is 15.8 Å². The summed E-state index contributed by atoms with van der Waals surface area (Å²) in [6, 6.07) is 14.9. The van der Waals surface area contributed by atoms with Crippen molar-refractivity contribution >= 4 is 44.8 Å². The lowest BCUT2D eigenvalue weighted by molar-refractivity contribution is -0.131. The van der Waals surface area contributed by atoms with Crippen LogP contribution in [0.4, 0.5) is 11.4 Å². The van der Waals surface area contributed by atoms with E-state index in [1.165, 1.54) is 17.8 Å². The average molecular weight is 474 g/mol. The number of carbonyl (C=O) groups excluding carboxylic acids is 2. The first-order chi connectivity index (χ1) is 15.3. The van der Waals surface area contributed by atoms with Crippen LogP contribution in [-0.4, -0.2) is 62.3 Å². The third kappa shape index (κ3) is 4.94. The molecule has 0 aromatic heterocycles. The molecule has 0 saturated carbocycles. The molecule has 0 bridgehead atoms. The van der Waals surface area contributed by atoms with Crippen molar-refractivity contribution in [2.24, 2.45) is 0 Å². The zero-order valence-electron chi connectivity index (χ0n) is 18.0. The molecule has 7 nitrogen and oxygen atoms in total. The third-order valence-electron chi connectivity index (χ3n) is 5.89. The highest BCUT2D eigenvalue weighted by Crippen LogP contribution is 2.33. The van der Waals surface area contributed by atoms with Crippen molar-refractivity contribution < 1.29 is 18.0 Å². The zero-order valence-corrected chi connectivity index (χ0v) is 19.6. The van der Waals surface area contributed by atoms with E-state index in [9.17, 15) is 18.0 Å². The summed E-state index contributed by atoms with van der Waals surface area (Å²) in [6.07, 6.45) is 0.329. The maximum Gasteiger partial charge on any atom is 0.225 e. The van der Waals surface area contributed by atoms with E-state index in [2.05, 4.69) is 10.2 Å². The highest BCUT2D eigenvalue weighted by molar-refractivity contribution is 7.99. The molecule has 0 radical (unpaired) electrons. The van der Waals surface area contributed by atoms with E-state index in [1.54, 1.807) is 24.0 Å². The monoisotopic (exact) mass is 473 g/mol. The number of thioether (sulfide) groups is 1. The van der Waals surface area contributed by atoms with Crippen LogP contribution in [0, 0.1) is 0 Å². The summed E-state index contributed by atoms with van der Waals surface area (Å²) in [7, 11) is -3.71. The normalized spacial score (nSPS) is 17.8. The molecular weight excluding hydrogens is 446 g/mol. The number of carbonyl (C=O) groups is 2. The zero-order chi connectivity index (χ0) is 22.7.